The van der Waals surface area contributed by atoms with Crippen LogP contribution in [0.4, 0.5) is 5.69 Å². The largest absolute Gasteiger partial charge is 0.480 e. The Morgan fingerprint density at radius 3 is 2.53 bits per heavy atom. The Hall–Kier alpha value is -2.91. The smallest absolute Gasteiger partial charge is 0.322 e. The van der Waals surface area contributed by atoms with Crippen molar-refractivity contribution in [3.05, 3.63) is 28.1 Å². The number of rotatable bonds is 6. The minimum atomic E-state index is -1.21. The molecule has 2 amide bonds. The molecule has 1 aromatic heterocycles. The van der Waals surface area contributed by atoms with Crippen molar-refractivity contribution < 1.29 is 24.4 Å². The Bertz CT molecular complexity index is 523. The molecule has 4 N–H and O–H groups in total. The van der Waals surface area contributed by atoms with Gasteiger partial charge in [-0.05, 0) is 0 Å². The second-order valence-corrected chi connectivity index (χ2v) is 3.38. The first-order valence-electron chi connectivity index (χ1n) is 4.99. The Morgan fingerprint density at radius 2 is 2.00 bits per heavy atom. The van der Waals surface area contributed by atoms with Crippen molar-refractivity contribution in [1.82, 2.24) is 15.6 Å². The summed E-state index contributed by atoms with van der Waals surface area (Å²) in [6.45, 7) is -0.985. The van der Waals surface area contributed by atoms with Gasteiger partial charge in [0.2, 0.25) is 5.91 Å². The summed E-state index contributed by atoms with van der Waals surface area (Å²) >= 11 is 0. The molecule has 10 nitrogen and oxygen atoms in total. The summed E-state index contributed by atoms with van der Waals surface area (Å²) in [6.07, 6.45) is 1.04. The van der Waals surface area contributed by atoms with E-state index in [0.29, 0.717) is 0 Å². The SMILES string of the molecule is O=C(O)CNC(=O)CNC(=O)c1cc([N+](=O)[O-])c[nH]1. The summed E-state index contributed by atoms with van der Waals surface area (Å²) in [6, 6.07) is 1.02. The molecule has 10 heteroatoms. The number of carboxylic acids is 1. The number of nitrogens with zero attached hydrogens (tertiary/aromatic N) is 1. The average molecular weight is 270 g/mol. The third-order valence-corrected chi connectivity index (χ3v) is 1.97. The molecule has 102 valence electrons. The van der Waals surface area contributed by atoms with Gasteiger partial charge in [0.15, 0.2) is 0 Å². The third-order valence-electron chi connectivity index (χ3n) is 1.97. The summed E-state index contributed by atoms with van der Waals surface area (Å²) in [5.41, 5.74) is -0.349. The van der Waals surface area contributed by atoms with E-state index in [-0.39, 0.29) is 11.4 Å². The van der Waals surface area contributed by atoms with Crippen LogP contribution in [0.5, 0.6) is 0 Å². The summed E-state index contributed by atoms with van der Waals surface area (Å²) in [7, 11) is 0. The first-order valence-corrected chi connectivity index (χ1v) is 4.99. The van der Waals surface area contributed by atoms with Gasteiger partial charge in [0.05, 0.1) is 17.7 Å². The quantitative estimate of drug-likeness (QED) is 0.378. The highest BCUT2D eigenvalue weighted by atomic mass is 16.6. The van der Waals surface area contributed by atoms with E-state index in [1.165, 1.54) is 0 Å². The average Bonchev–Trinajstić information content (AvgIpc) is 2.83. The van der Waals surface area contributed by atoms with Crippen LogP contribution >= 0.6 is 0 Å². The molecule has 0 radical (unpaired) electrons. The van der Waals surface area contributed by atoms with Crippen LogP contribution in [0.15, 0.2) is 12.3 Å². The molecule has 1 heterocycles. The van der Waals surface area contributed by atoms with Gasteiger partial charge in [-0.1, -0.05) is 0 Å². The minimum Gasteiger partial charge on any atom is -0.480 e. The lowest BCUT2D eigenvalue weighted by molar-refractivity contribution is -0.384. The van der Waals surface area contributed by atoms with Gasteiger partial charge in [0, 0.05) is 6.07 Å². The van der Waals surface area contributed by atoms with E-state index in [1.54, 1.807) is 0 Å². The van der Waals surface area contributed by atoms with Gasteiger partial charge in [-0.25, -0.2) is 0 Å². The lowest BCUT2D eigenvalue weighted by Crippen LogP contribution is -2.39. The molecule has 1 rings (SSSR count). The van der Waals surface area contributed by atoms with Gasteiger partial charge in [-0.15, -0.1) is 0 Å². The maximum atomic E-state index is 11.5. The van der Waals surface area contributed by atoms with Crippen LogP contribution in [0.3, 0.4) is 0 Å². The van der Waals surface area contributed by atoms with E-state index in [0.717, 1.165) is 12.3 Å². The summed E-state index contributed by atoms with van der Waals surface area (Å²) in [4.78, 5) is 44.8. The number of carboxylic acid groups (broad SMARTS) is 1. The number of nitrogens with one attached hydrogen (secondary N) is 3. The van der Waals surface area contributed by atoms with Gasteiger partial charge in [-0.2, -0.15) is 0 Å². The van der Waals surface area contributed by atoms with Crippen LogP contribution in [0, 0.1) is 10.1 Å². The zero-order valence-corrected chi connectivity index (χ0v) is 9.50. The molecule has 0 unspecified atom stereocenters. The van der Waals surface area contributed by atoms with Gasteiger partial charge in [0.1, 0.15) is 12.2 Å². The van der Waals surface area contributed by atoms with Gasteiger partial charge in [-0.3, -0.25) is 24.5 Å². The Kier molecular flexibility index (Phi) is 4.57. The van der Waals surface area contributed by atoms with Gasteiger partial charge < -0.3 is 20.7 Å². The number of aromatic nitrogens is 1. The highest BCUT2D eigenvalue weighted by Gasteiger charge is 2.15. The zero-order chi connectivity index (χ0) is 14.4. The Balaban J connectivity index is 2.44. The first kappa shape index (κ1) is 14.2. The fourth-order valence-electron chi connectivity index (χ4n) is 1.11. The molecule has 0 atom stereocenters. The number of hydrogen-bond acceptors (Lipinski definition) is 5. The number of carbonyl (C=O) groups excluding carboxylic acids is 2. The van der Waals surface area contributed by atoms with Crippen LogP contribution in [-0.2, 0) is 9.59 Å². The Labute approximate surface area is 105 Å². The molecule has 0 bridgehead atoms. The number of aromatic amines is 1. The van der Waals surface area contributed by atoms with E-state index in [2.05, 4.69) is 10.3 Å². The van der Waals surface area contributed by atoms with Gasteiger partial charge in [0.25, 0.3) is 11.6 Å². The molecule has 0 spiro atoms. The molecule has 0 aromatic carbocycles. The number of carbonyl (C=O) groups is 3. The van der Waals surface area contributed by atoms with Crippen LogP contribution in [0.1, 0.15) is 10.5 Å². The molecule has 0 saturated carbocycles. The standard InChI is InChI=1S/C9H10N4O6/c14-7(11-4-8(15)16)3-12-9(17)6-1-5(2-10-6)13(18)19/h1-2,10H,3-4H2,(H,11,14)(H,12,17)(H,15,16). The highest BCUT2D eigenvalue weighted by molar-refractivity contribution is 5.95. The maximum absolute atomic E-state index is 11.5. The third kappa shape index (κ3) is 4.46. The highest BCUT2D eigenvalue weighted by Crippen LogP contribution is 2.11. The van der Waals surface area contributed by atoms with E-state index < -0.39 is 35.8 Å². The van der Waals surface area contributed by atoms with E-state index >= 15 is 0 Å². The monoisotopic (exact) mass is 270 g/mol. The maximum Gasteiger partial charge on any atom is 0.322 e. The van der Waals surface area contributed by atoms with Crippen molar-refractivity contribution in [3.8, 4) is 0 Å². The molecule has 1 aromatic rings. The lowest BCUT2D eigenvalue weighted by Gasteiger charge is -2.03. The van der Waals surface area contributed by atoms with Crippen LogP contribution in [-0.4, -0.2) is 45.9 Å². The topological polar surface area (TPSA) is 154 Å². The van der Waals surface area contributed by atoms with E-state index in [1.807, 2.05) is 5.32 Å². The molecule has 0 saturated heterocycles. The van der Waals surface area contributed by atoms with Crippen LogP contribution in [0.2, 0.25) is 0 Å². The number of hydrogen-bond donors (Lipinski definition) is 4. The number of aliphatic carboxylic acids is 1. The summed E-state index contributed by atoms with van der Waals surface area (Å²) in [5.74, 6) is -2.60. The molecule has 0 aliphatic heterocycles. The molecular formula is C9H10N4O6. The molecule has 19 heavy (non-hydrogen) atoms. The molecule has 0 fully saturated rings. The van der Waals surface area contributed by atoms with Crippen LogP contribution < -0.4 is 10.6 Å². The van der Waals surface area contributed by atoms with Crippen molar-refractivity contribution in [2.75, 3.05) is 13.1 Å². The lowest BCUT2D eigenvalue weighted by atomic mass is 10.4. The number of amides is 2. The summed E-state index contributed by atoms with van der Waals surface area (Å²) in [5, 5.41) is 22.9. The molecular weight excluding hydrogens is 260 g/mol. The second kappa shape index (κ2) is 6.14. The molecule has 0 aliphatic rings. The number of H-pyrrole nitrogens is 1. The fourth-order valence-corrected chi connectivity index (χ4v) is 1.11. The van der Waals surface area contributed by atoms with Crippen molar-refractivity contribution in [2.24, 2.45) is 0 Å². The molecule has 0 aliphatic carbocycles. The number of nitro groups is 1. The van der Waals surface area contributed by atoms with Crippen molar-refractivity contribution in [2.45, 2.75) is 0 Å². The van der Waals surface area contributed by atoms with Crippen LogP contribution in [0.25, 0.3) is 0 Å². The minimum absolute atomic E-state index is 0.0715. The zero-order valence-electron chi connectivity index (χ0n) is 9.50. The van der Waals surface area contributed by atoms with E-state index in [4.69, 9.17) is 5.11 Å². The Morgan fingerprint density at radius 1 is 1.32 bits per heavy atom. The second-order valence-electron chi connectivity index (χ2n) is 3.38. The van der Waals surface area contributed by atoms with E-state index in [9.17, 15) is 24.5 Å². The van der Waals surface area contributed by atoms with Crippen molar-refractivity contribution in [1.29, 1.82) is 0 Å². The predicted molar refractivity (Wildman–Crippen MR) is 60.4 cm³/mol. The fraction of sp³-hybridized carbons (Fsp3) is 0.222. The van der Waals surface area contributed by atoms with Gasteiger partial charge >= 0.3 is 5.97 Å². The summed E-state index contributed by atoms with van der Waals surface area (Å²) < 4.78 is 0. The normalized spacial score (nSPS) is 9.68. The van der Waals surface area contributed by atoms with Crippen molar-refractivity contribution in [3.63, 3.8) is 0 Å². The first-order chi connectivity index (χ1) is 8.90. The van der Waals surface area contributed by atoms with Crippen molar-refractivity contribution >= 4 is 23.5 Å². The predicted octanol–water partition coefficient (Wildman–Crippen LogP) is -1.15.